The number of fused-ring (bicyclic) bond motifs is 1. The third-order valence-corrected chi connectivity index (χ3v) is 7.97. The van der Waals surface area contributed by atoms with Crippen molar-refractivity contribution in [2.75, 3.05) is 7.05 Å². The molecular weight excluding hydrogens is 490 g/mol. The van der Waals surface area contributed by atoms with Crippen molar-refractivity contribution in [3.05, 3.63) is 99.0 Å². The maximum atomic E-state index is 13.5. The van der Waals surface area contributed by atoms with Gasteiger partial charge in [-0.2, -0.15) is 4.31 Å². The number of hydrogen-bond donors (Lipinski definition) is 0. The smallest absolute Gasteiger partial charge is 0.266 e. The summed E-state index contributed by atoms with van der Waals surface area (Å²) in [6.07, 6.45) is 0. The monoisotopic (exact) mass is 511 g/mol. The van der Waals surface area contributed by atoms with E-state index in [2.05, 4.69) is 15.9 Å². The molecule has 0 aliphatic heterocycles. The van der Waals surface area contributed by atoms with Gasteiger partial charge in [-0.15, -0.1) is 0 Å². The van der Waals surface area contributed by atoms with E-state index < -0.39 is 16.1 Å². The lowest BCUT2D eigenvalue weighted by Crippen LogP contribution is -2.34. The van der Waals surface area contributed by atoms with Gasteiger partial charge < -0.3 is 0 Å². The Hall–Kier alpha value is -2.81. The fraction of sp³-hybridized carbons (Fsp3) is 0.167. The van der Waals surface area contributed by atoms with Crippen LogP contribution in [0.25, 0.3) is 16.6 Å². The Kier molecular flexibility index (Phi) is 6.03. The van der Waals surface area contributed by atoms with E-state index in [0.29, 0.717) is 22.4 Å². The molecule has 0 saturated heterocycles. The highest BCUT2D eigenvalue weighted by molar-refractivity contribution is 9.10. The van der Waals surface area contributed by atoms with E-state index in [1.807, 2.05) is 19.1 Å². The molecule has 1 aromatic heterocycles. The van der Waals surface area contributed by atoms with Crippen molar-refractivity contribution in [1.82, 2.24) is 13.9 Å². The van der Waals surface area contributed by atoms with Crippen molar-refractivity contribution in [1.29, 1.82) is 0 Å². The van der Waals surface area contributed by atoms with E-state index in [4.69, 9.17) is 4.98 Å². The Morgan fingerprint density at radius 3 is 2.25 bits per heavy atom. The molecule has 0 spiro atoms. The first-order valence-electron chi connectivity index (χ1n) is 10.0. The molecule has 1 heterocycles. The summed E-state index contributed by atoms with van der Waals surface area (Å²) in [5.41, 5.74) is 1.86. The van der Waals surface area contributed by atoms with E-state index in [-0.39, 0.29) is 10.5 Å². The van der Waals surface area contributed by atoms with Gasteiger partial charge in [-0.25, -0.2) is 13.4 Å². The Balaban J connectivity index is 1.90. The number of benzene rings is 3. The fourth-order valence-corrected chi connectivity index (χ4v) is 5.10. The largest absolute Gasteiger partial charge is 0.268 e. The molecule has 0 amide bonds. The third kappa shape index (κ3) is 4.01. The summed E-state index contributed by atoms with van der Waals surface area (Å²) >= 11 is 3.41. The van der Waals surface area contributed by atoms with Gasteiger partial charge in [-0.05, 0) is 62.4 Å². The second-order valence-electron chi connectivity index (χ2n) is 7.61. The zero-order valence-electron chi connectivity index (χ0n) is 17.9. The van der Waals surface area contributed by atoms with Crippen LogP contribution in [-0.4, -0.2) is 29.3 Å². The summed E-state index contributed by atoms with van der Waals surface area (Å²) in [5, 5.41) is 0.468. The Labute approximate surface area is 195 Å². The lowest BCUT2D eigenvalue weighted by Gasteiger charge is -2.26. The van der Waals surface area contributed by atoms with Crippen LogP contribution >= 0.6 is 15.9 Å². The van der Waals surface area contributed by atoms with Gasteiger partial charge in [0.1, 0.15) is 5.82 Å². The molecule has 0 aliphatic carbocycles. The zero-order valence-corrected chi connectivity index (χ0v) is 20.3. The summed E-state index contributed by atoms with van der Waals surface area (Å²) in [5.74, 6) is 0.342. The number of hydrogen-bond acceptors (Lipinski definition) is 4. The number of para-hydroxylation sites is 1. The summed E-state index contributed by atoms with van der Waals surface area (Å²) in [6.45, 7) is 3.64. The molecule has 4 aromatic rings. The molecular formula is C24H22BrN3O3S. The lowest BCUT2D eigenvalue weighted by molar-refractivity contribution is 0.379. The minimum Gasteiger partial charge on any atom is -0.268 e. The standard InChI is InChI=1S/C24H22BrN3O3S/c1-16-8-14-20(15-9-16)32(30,31)27(3)17(2)23-26-22-7-5-4-6-21(22)24(29)28(23)19-12-10-18(25)11-13-19/h4-15,17H,1-3H3. The van der Waals surface area contributed by atoms with Gasteiger partial charge in [-0.3, -0.25) is 9.36 Å². The van der Waals surface area contributed by atoms with Gasteiger partial charge in [0.25, 0.3) is 5.56 Å². The molecule has 32 heavy (non-hydrogen) atoms. The normalized spacial score (nSPS) is 12.9. The number of sulfonamides is 1. The van der Waals surface area contributed by atoms with Gasteiger partial charge in [-0.1, -0.05) is 45.8 Å². The summed E-state index contributed by atoms with van der Waals surface area (Å²) < 4.78 is 30.2. The summed E-state index contributed by atoms with van der Waals surface area (Å²) in [6, 6.07) is 20.3. The highest BCUT2D eigenvalue weighted by Gasteiger charge is 2.30. The third-order valence-electron chi connectivity index (χ3n) is 5.50. The van der Waals surface area contributed by atoms with Crippen molar-refractivity contribution < 1.29 is 8.42 Å². The molecule has 3 aromatic carbocycles. The van der Waals surface area contributed by atoms with Crippen molar-refractivity contribution in [2.24, 2.45) is 0 Å². The van der Waals surface area contributed by atoms with Crippen LogP contribution in [0.4, 0.5) is 0 Å². The number of nitrogens with zero attached hydrogens (tertiary/aromatic N) is 3. The fourth-order valence-electron chi connectivity index (χ4n) is 3.52. The lowest BCUT2D eigenvalue weighted by atomic mass is 10.2. The summed E-state index contributed by atoms with van der Waals surface area (Å²) in [4.78, 5) is 18.4. The van der Waals surface area contributed by atoms with Gasteiger partial charge in [0.15, 0.2) is 0 Å². The van der Waals surface area contributed by atoms with Gasteiger partial charge >= 0.3 is 0 Å². The molecule has 1 atom stereocenters. The number of rotatable bonds is 5. The van der Waals surface area contributed by atoms with E-state index in [9.17, 15) is 13.2 Å². The second-order valence-corrected chi connectivity index (χ2v) is 10.5. The predicted molar refractivity (Wildman–Crippen MR) is 130 cm³/mol. The van der Waals surface area contributed by atoms with Crippen LogP contribution in [0.5, 0.6) is 0 Å². The average molecular weight is 512 g/mol. The minimum atomic E-state index is -3.80. The molecule has 4 rings (SSSR count). The number of aromatic nitrogens is 2. The van der Waals surface area contributed by atoms with Crippen LogP contribution < -0.4 is 5.56 Å². The average Bonchev–Trinajstić information content (AvgIpc) is 2.79. The minimum absolute atomic E-state index is 0.191. The molecule has 1 unspecified atom stereocenters. The molecule has 6 nitrogen and oxygen atoms in total. The van der Waals surface area contributed by atoms with Crippen LogP contribution in [0.3, 0.4) is 0 Å². The first kappa shape index (κ1) is 22.4. The van der Waals surface area contributed by atoms with E-state index in [0.717, 1.165) is 10.0 Å². The SMILES string of the molecule is Cc1ccc(S(=O)(=O)N(C)C(C)c2nc3ccccc3c(=O)n2-c2ccc(Br)cc2)cc1. The highest BCUT2D eigenvalue weighted by atomic mass is 79.9. The maximum Gasteiger partial charge on any atom is 0.266 e. The second kappa shape index (κ2) is 8.61. The van der Waals surface area contributed by atoms with Crippen molar-refractivity contribution in [3.8, 4) is 5.69 Å². The van der Waals surface area contributed by atoms with Crippen LogP contribution in [0.1, 0.15) is 24.4 Å². The van der Waals surface area contributed by atoms with Gasteiger partial charge in [0.05, 0.1) is 27.5 Å². The molecule has 0 N–H and O–H groups in total. The topological polar surface area (TPSA) is 72.3 Å². The van der Waals surface area contributed by atoms with Crippen molar-refractivity contribution in [3.63, 3.8) is 0 Å². The predicted octanol–water partition coefficient (Wildman–Crippen LogP) is 4.84. The highest BCUT2D eigenvalue weighted by Crippen LogP contribution is 2.27. The number of halogens is 1. The van der Waals surface area contributed by atoms with Crippen LogP contribution in [0, 0.1) is 6.92 Å². The van der Waals surface area contributed by atoms with E-state index in [1.165, 1.54) is 15.9 Å². The van der Waals surface area contributed by atoms with Crippen LogP contribution in [-0.2, 0) is 10.0 Å². The molecule has 0 fully saturated rings. The molecule has 164 valence electrons. The molecule has 0 bridgehead atoms. The Morgan fingerprint density at radius 2 is 1.59 bits per heavy atom. The quantitative estimate of drug-likeness (QED) is 0.384. The van der Waals surface area contributed by atoms with Gasteiger partial charge in [0.2, 0.25) is 10.0 Å². The van der Waals surface area contributed by atoms with E-state index >= 15 is 0 Å². The van der Waals surface area contributed by atoms with Crippen LogP contribution in [0.2, 0.25) is 0 Å². The molecule has 0 aliphatic rings. The van der Waals surface area contributed by atoms with Gasteiger partial charge in [0, 0.05) is 11.5 Å². The van der Waals surface area contributed by atoms with Crippen LogP contribution in [0.15, 0.2) is 87.0 Å². The molecule has 8 heteroatoms. The maximum absolute atomic E-state index is 13.5. The van der Waals surface area contributed by atoms with Crippen molar-refractivity contribution >= 4 is 36.9 Å². The first-order chi connectivity index (χ1) is 15.2. The Morgan fingerprint density at radius 1 is 0.969 bits per heavy atom. The first-order valence-corrected chi connectivity index (χ1v) is 12.3. The number of aryl methyl sites for hydroxylation is 1. The molecule has 0 radical (unpaired) electrons. The Bertz CT molecular complexity index is 1450. The van der Waals surface area contributed by atoms with Crippen molar-refractivity contribution in [2.45, 2.75) is 24.8 Å². The summed E-state index contributed by atoms with van der Waals surface area (Å²) in [7, 11) is -2.30. The zero-order chi connectivity index (χ0) is 23.0. The molecule has 0 saturated carbocycles. The van der Waals surface area contributed by atoms with E-state index in [1.54, 1.807) is 67.6 Å².